The lowest BCUT2D eigenvalue weighted by Gasteiger charge is -2.07. The van der Waals surface area contributed by atoms with Gasteiger partial charge in [-0.05, 0) is 23.8 Å². The maximum absolute atomic E-state index is 5.63. The lowest BCUT2D eigenvalue weighted by molar-refractivity contribution is 1.07. The lowest BCUT2D eigenvalue weighted by Crippen LogP contribution is -1.99. The molecular weight excluding hydrogens is 226 g/mol. The third kappa shape index (κ3) is 1.91. The molecule has 4 N–H and O–H groups in total. The predicted octanol–water partition coefficient (Wildman–Crippen LogP) is 2.16. The van der Waals surface area contributed by atoms with E-state index in [1.807, 2.05) is 36.5 Å². The number of hydrogen-bond donors (Lipinski definition) is 3. The Balaban J connectivity index is 1.98. The SMILES string of the molecule is NCc1cccc(Nc2ncnc3[nH]ccc23)c1. The standard InChI is InChI=1S/C13H13N5/c14-7-9-2-1-3-10(6-9)18-13-11-4-5-15-12(11)16-8-17-13/h1-6,8H,7,14H2,(H2,15,16,17,18). The van der Waals surface area contributed by atoms with Crippen LogP contribution in [0.25, 0.3) is 11.0 Å². The van der Waals surface area contributed by atoms with Crippen LogP contribution >= 0.6 is 0 Å². The first-order chi connectivity index (χ1) is 8.86. The van der Waals surface area contributed by atoms with Gasteiger partial charge in [0.25, 0.3) is 0 Å². The van der Waals surface area contributed by atoms with Crippen molar-refractivity contribution in [2.45, 2.75) is 6.54 Å². The second-order valence-corrected chi connectivity index (χ2v) is 3.99. The van der Waals surface area contributed by atoms with E-state index in [0.29, 0.717) is 6.54 Å². The molecule has 0 unspecified atom stereocenters. The van der Waals surface area contributed by atoms with E-state index in [-0.39, 0.29) is 0 Å². The normalized spacial score (nSPS) is 10.7. The summed E-state index contributed by atoms with van der Waals surface area (Å²) in [4.78, 5) is 11.5. The van der Waals surface area contributed by atoms with Crippen molar-refractivity contribution in [2.24, 2.45) is 5.73 Å². The number of nitrogens with two attached hydrogens (primary N) is 1. The van der Waals surface area contributed by atoms with Gasteiger partial charge in [-0.25, -0.2) is 9.97 Å². The van der Waals surface area contributed by atoms with E-state index >= 15 is 0 Å². The highest BCUT2D eigenvalue weighted by molar-refractivity contribution is 5.88. The number of aromatic amines is 1. The number of nitrogens with zero attached hydrogens (tertiary/aromatic N) is 2. The van der Waals surface area contributed by atoms with E-state index in [1.165, 1.54) is 6.33 Å². The Hall–Kier alpha value is -2.40. The van der Waals surface area contributed by atoms with Gasteiger partial charge in [-0.15, -0.1) is 0 Å². The van der Waals surface area contributed by atoms with Crippen LogP contribution in [0.5, 0.6) is 0 Å². The maximum Gasteiger partial charge on any atom is 0.143 e. The molecule has 18 heavy (non-hydrogen) atoms. The van der Waals surface area contributed by atoms with Gasteiger partial charge in [0.2, 0.25) is 0 Å². The van der Waals surface area contributed by atoms with Crippen molar-refractivity contribution in [1.29, 1.82) is 0 Å². The number of benzene rings is 1. The number of fused-ring (bicyclic) bond motifs is 1. The molecule has 1 aromatic carbocycles. The molecule has 3 aromatic rings. The Morgan fingerprint density at radius 3 is 3.06 bits per heavy atom. The monoisotopic (exact) mass is 239 g/mol. The molecule has 0 aliphatic carbocycles. The van der Waals surface area contributed by atoms with Gasteiger partial charge in [-0.3, -0.25) is 0 Å². The smallest absolute Gasteiger partial charge is 0.143 e. The molecule has 2 heterocycles. The van der Waals surface area contributed by atoms with Crippen LogP contribution in [-0.2, 0) is 6.54 Å². The van der Waals surface area contributed by atoms with Crippen LogP contribution in [0.2, 0.25) is 0 Å². The van der Waals surface area contributed by atoms with Crippen molar-refractivity contribution in [3.8, 4) is 0 Å². The Morgan fingerprint density at radius 1 is 1.22 bits per heavy atom. The third-order valence-electron chi connectivity index (χ3n) is 2.78. The molecule has 5 nitrogen and oxygen atoms in total. The maximum atomic E-state index is 5.63. The summed E-state index contributed by atoms with van der Waals surface area (Å²) in [5, 5.41) is 4.25. The van der Waals surface area contributed by atoms with Gasteiger partial charge in [0.15, 0.2) is 0 Å². The molecule has 90 valence electrons. The summed E-state index contributed by atoms with van der Waals surface area (Å²) in [5.41, 5.74) is 8.50. The van der Waals surface area contributed by atoms with Gasteiger partial charge in [-0.2, -0.15) is 0 Å². The van der Waals surface area contributed by atoms with Crippen LogP contribution in [-0.4, -0.2) is 15.0 Å². The molecule has 0 atom stereocenters. The number of nitrogens with one attached hydrogen (secondary N) is 2. The van der Waals surface area contributed by atoms with Crippen molar-refractivity contribution in [1.82, 2.24) is 15.0 Å². The molecule has 3 rings (SSSR count). The zero-order chi connectivity index (χ0) is 12.4. The average Bonchev–Trinajstić information content (AvgIpc) is 2.88. The van der Waals surface area contributed by atoms with Crippen LogP contribution in [0.15, 0.2) is 42.9 Å². The Kier molecular flexibility index (Phi) is 2.66. The second kappa shape index (κ2) is 4.46. The van der Waals surface area contributed by atoms with E-state index in [2.05, 4.69) is 20.3 Å². The zero-order valence-corrected chi connectivity index (χ0v) is 9.72. The van der Waals surface area contributed by atoms with Crippen LogP contribution in [0, 0.1) is 0 Å². The van der Waals surface area contributed by atoms with Gasteiger partial charge in [-0.1, -0.05) is 12.1 Å². The number of aromatic nitrogens is 3. The first kappa shape index (κ1) is 10.7. The quantitative estimate of drug-likeness (QED) is 0.654. The molecule has 5 heteroatoms. The number of H-pyrrole nitrogens is 1. The Labute approximate surface area is 104 Å². The Bertz CT molecular complexity index is 674. The van der Waals surface area contributed by atoms with Crippen LogP contribution in [0.1, 0.15) is 5.56 Å². The number of hydrogen-bond acceptors (Lipinski definition) is 4. The molecule has 0 fully saturated rings. The summed E-state index contributed by atoms with van der Waals surface area (Å²) in [6.45, 7) is 0.527. The minimum absolute atomic E-state index is 0.527. The Morgan fingerprint density at radius 2 is 2.17 bits per heavy atom. The summed E-state index contributed by atoms with van der Waals surface area (Å²) in [6, 6.07) is 9.92. The van der Waals surface area contributed by atoms with Crippen molar-refractivity contribution in [3.05, 3.63) is 48.4 Å². The van der Waals surface area contributed by atoms with Gasteiger partial charge in [0, 0.05) is 18.4 Å². The summed E-state index contributed by atoms with van der Waals surface area (Å²) < 4.78 is 0. The number of rotatable bonds is 3. The van der Waals surface area contributed by atoms with Crippen molar-refractivity contribution >= 4 is 22.5 Å². The fourth-order valence-electron chi connectivity index (χ4n) is 1.88. The molecule has 0 bridgehead atoms. The predicted molar refractivity (Wildman–Crippen MR) is 71.5 cm³/mol. The molecule has 0 radical (unpaired) electrons. The van der Waals surface area contributed by atoms with Crippen LogP contribution < -0.4 is 11.1 Å². The summed E-state index contributed by atoms with van der Waals surface area (Å²) >= 11 is 0. The molecule has 2 aromatic heterocycles. The lowest BCUT2D eigenvalue weighted by atomic mass is 10.2. The highest BCUT2D eigenvalue weighted by Crippen LogP contribution is 2.22. The van der Waals surface area contributed by atoms with Crippen LogP contribution in [0.3, 0.4) is 0 Å². The van der Waals surface area contributed by atoms with E-state index in [1.54, 1.807) is 0 Å². The molecule has 0 aliphatic rings. The fraction of sp³-hybridized carbons (Fsp3) is 0.0769. The topological polar surface area (TPSA) is 79.6 Å². The highest BCUT2D eigenvalue weighted by Gasteiger charge is 2.04. The van der Waals surface area contributed by atoms with E-state index < -0.39 is 0 Å². The largest absolute Gasteiger partial charge is 0.346 e. The minimum atomic E-state index is 0.527. The first-order valence-electron chi connectivity index (χ1n) is 5.71. The molecule has 0 spiro atoms. The highest BCUT2D eigenvalue weighted by atomic mass is 15.0. The summed E-state index contributed by atoms with van der Waals surface area (Å²) in [6.07, 6.45) is 3.38. The van der Waals surface area contributed by atoms with Gasteiger partial charge >= 0.3 is 0 Å². The van der Waals surface area contributed by atoms with E-state index in [0.717, 1.165) is 28.1 Å². The molecular formula is C13H13N5. The van der Waals surface area contributed by atoms with E-state index in [9.17, 15) is 0 Å². The summed E-state index contributed by atoms with van der Waals surface area (Å²) in [5.74, 6) is 0.787. The number of anilines is 2. The third-order valence-corrected chi connectivity index (χ3v) is 2.78. The summed E-state index contributed by atoms with van der Waals surface area (Å²) in [7, 11) is 0. The van der Waals surface area contributed by atoms with Gasteiger partial charge < -0.3 is 16.0 Å². The zero-order valence-electron chi connectivity index (χ0n) is 9.72. The average molecular weight is 239 g/mol. The van der Waals surface area contributed by atoms with Crippen molar-refractivity contribution < 1.29 is 0 Å². The van der Waals surface area contributed by atoms with Gasteiger partial charge in [0.1, 0.15) is 17.8 Å². The fourth-order valence-corrected chi connectivity index (χ4v) is 1.88. The molecule has 0 saturated heterocycles. The molecule has 0 saturated carbocycles. The molecule has 0 amide bonds. The molecule has 0 aliphatic heterocycles. The first-order valence-corrected chi connectivity index (χ1v) is 5.71. The van der Waals surface area contributed by atoms with Gasteiger partial charge in [0.05, 0.1) is 5.39 Å². The van der Waals surface area contributed by atoms with Crippen molar-refractivity contribution in [2.75, 3.05) is 5.32 Å². The van der Waals surface area contributed by atoms with Crippen LogP contribution in [0.4, 0.5) is 11.5 Å². The minimum Gasteiger partial charge on any atom is -0.346 e. The van der Waals surface area contributed by atoms with E-state index in [4.69, 9.17) is 5.73 Å². The van der Waals surface area contributed by atoms with Crippen molar-refractivity contribution in [3.63, 3.8) is 0 Å². The second-order valence-electron chi connectivity index (χ2n) is 3.99.